The first-order chi connectivity index (χ1) is 15.6. The van der Waals surface area contributed by atoms with E-state index >= 15 is 0 Å². The monoisotopic (exact) mass is 496 g/mol. The molecule has 0 bridgehead atoms. The second-order valence-corrected chi connectivity index (χ2v) is 9.33. The molecule has 0 aliphatic carbocycles. The van der Waals surface area contributed by atoms with Crippen LogP contribution in [-0.4, -0.2) is 52.3 Å². The smallest absolute Gasteiger partial charge is 0.420 e. The van der Waals surface area contributed by atoms with E-state index in [2.05, 4.69) is 25.2 Å². The highest BCUT2D eigenvalue weighted by Crippen LogP contribution is 2.29. The third-order valence-electron chi connectivity index (χ3n) is 4.57. The lowest BCUT2D eigenvalue weighted by atomic mass is 10.1. The highest BCUT2D eigenvalue weighted by Gasteiger charge is 2.27. The molecule has 176 valence electrons. The third kappa shape index (κ3) is 7.22. The number of alkyl halides is 3. The molecule has 2 aromatic heterocycles. The predicted molar refractivity (Wildman–Crippen MR) is 126 cm³/mol. The van der Waals surface area contributed by atoms with Crippen LogP contribution in [0.5, 0.6) is 5.75 Å². The number of nitrogens with one attached hydrogen (secondary N) is 3. The molecule has 0 radical (unpaired) electrons. The van der Waals surface area contributed by atoms with Crippen LogP contribution >= 0.6 is 11.6 Å². The number of hydrogen-bond donors (Lipinski definition) is 3. The van der Waals surface area contributed by atoms with Crippen LogP contribution in [0.3, 0.4) is 0 Å². The second-order valence-electron chi connectivity index (χ2n) is 7.21. The van der Waals surface area contributed by atoms with Crippen LogP contribution in [0.4, 0.5) is 20.3 Å². The van der Waals surface area contributed by atoms with Gasteiger partial charge < -0.3 is 15.0 Å². The molecule has 3 rings (SSSR count). The quantitative estimate of drug-likeness (QED) is 0.352. The summed E-state index contributed by atoms with van der Waals surface area (Å²) in [6.45, 7) is 0.714. The van der Waals surface area contributed by atoms with Gasteiger partial charge in [0.15, 0.2) is 0 Å². The topological polar surface area (TPSA) is 107 Å². The van der Waals surface area contributed by atoms with Crippen LogP contribution in [0.2, 0.25) is 0 Å². The van der Waals surface area contributed by atoms with Gasteiger partial charge in [0, 0.05) is 54.6 Å². The summed E-state index contributed by atoms with van der Waals surface area (Å²) in [6, 6.07) is 8.90. The number of benzene rings is 1. The molecule has 1 amide bonds. The molecule has 1 unspecified atom stereocenters. The Morgan fingerprint density at radius 1 is 1.33 bits per heavy atom. The summed E-state index contributed by atoms with van der Waals surface area (Å²) in [5.41, 5.74) is -1.70. The number of hydrogen-bond acceptors (Lipinski definition) is 6. The lowest BCUT2D eigenvalue weighted by Gasteiger charge is -2.21. The Hall–Kier alpha value is -3.05. The molecule has 3 aromatic rings. The van der Waals surface area contributed by atoms with Gasteiger partial charge in [-0.3, -0.25) is 14.7 Å². The van der Waals surface area contributed by atoms with Crippen molar-refractivity contribution < 1.29 is 18.3 Å². The lowest BCUT2D eigenvalue weighted by molar-refractivity contribution is -0.0964. The van der Waals surface area contributed by atoms with Crippen LogP contribution in [-0.2, 0) is 10.7 Å². The number of anilines is 2. The first-order valence-corrected chi connectivity index (χ1v) is 12.0. The molecule has 1 aromatic carbocycles. The fourth-order valence-electron chi connectivity index (χ4n) is 3.06. The average molecular weight is 497 g/mol. The van der Waals surface area contributed by atoms with Crippen molar-refractivity contribution in [3.63, 3.8) is 0 Å². The number of nitrogens with zero attached hydrogens (tertiary/aromatic N) is 3. The number of aromatic amines is 1. The van der Waals surface area contributed by atoms with E-state index in [0.717, 1.165) is 12.2 Å². The fourth-order valence-corrected chi connectivity index (χ4v) is 3.71. The van der Waals surface area contributed by atoms with E-state index in [-0.39, 0.29) is 16.4 Å². The van der Waals surface area contributed by atoms with Crippen molar-refractivity contribution in [1.29, 1.82) is 4.78 Å². The normalized spacial score (nSPS) is 12.3. The number of H-pyrrole nitrogens is 1. The number of aromatic nitrogens is 3. The molecule has 12 heteroatoms. The van der Waals surface area contributed by atoms with Crippen molar-refractivity contribution >= 4 is 39.7 Å². The van der Waals surface area contributed by atoms with E-state index in [1.807, 2.05) is 18.2 Å². The summed E-state index contributed by atoms with van der Waals surface area (Å²) in [4.78, 5) is 19.3. The van der Waals surface area contributed by atoms with Gasteiger partial charge in [0.25, 0.3) is 5.91 Å². The molecule has 33 heavy (non-hydrogen) atoms. The van der Waals surface area contributed by atoms with E-state index in [0.29, 0.717) is 34.9 Å². The SMILES string of the molecule is CN(CCCS(C)=N)c1ncc(C(=O)Nc2ccc(OC(F)(F)Cl)cc2)cc1-c1ccn[nH]1. The molecule has 0 aliphatic rings. The van der Waals surface area contributed by atoms with Crippen LogP contribution in [0.25, 0.3) is 11.3 Å². The number of ether oxygens (including phenoxy) is 1. The van der Waals surface area contributed by atoms with Crippen molar-refractivity contribution in [1.82, 2.24) is 15.2 Å². The Labute approximate surface area is 197 Å². The van der Waals surface area contributed by atoms with Gasteiger partial charge in [-0.15, -0.1) is 19.5 Å². The molecule has 1 atom stereocenters. The van der Waals surface area contributed by atoms with E-state index in [9.17, 15) is 13.6 Å². The minimum absolute atomic E-state index is 0.135. The number of rotatable bonds is 10. The summed E-state index contributed by atoms with van der Waals surface area (Å²) >= 11 is 4.75. The number of halogens is 3. The minimum Gasteiger partial charge on any atom is -0.420 e. The van der Waals surface area contributed by atoms with Crippen molar-refractivity contribution in [2.24, 2.45) is 0 Å². The molecule has 0 spiro atoms. The van der Waals surface area contributed by atoms with Gasteiger partial charge in [-0.1, -0.05) is 0 Å². The molecule has 0 aliphatic heterocycles. The van der Waals surface area contributed by atoms with E-state index in [4.69, 9.17) is 16.4 Å². The molecular weight excluding hydrogens is 474 g/mol. The lowest BCUT2D eigenvalue weighted by Crippen LogP contribution is -2.22. The number of carbonyl (C=O) groups excluding carboxylic acids is 1. The maximum atomic E-state index is 12.8. The van der Waals surface area contributed by atoms with Crippen LogP contribution in [0.1, 0.15) is 16.8 Å². The van der Waals surface area contributed by atoms with Gasteiger partial charge in [-0.2, -0.15) is 5.10 Å². The van der Waals surface area contributed by atoms with E-state index in [1.165, 1.54) is 30.5 Å². The van der Waals surface area contributed by atoms with Gasteiger partial charge in [0.05, 0.1) is 11.3 Å². The zero-order valence-electron chi connectivity index (χ0n) is 17.9. The summed E-state index contributed by atoms with van der Waals surface area (Å²) in [5.74, 6) is 0.929. The molecule has 8 nitrogen and oxygen atoms in total. The number of pyridine rings is 1. The van der Waals surface area contributed by atoms with Gasteiger partial charge in [-0.25, -0.2) is 4.98 Å². The molecule has 2 heterocycles. The summed E-state index contributed by atoms with van der Waals surface area (Å²) in [5, 5.41) is 9.59. The molecule has 0 saturated heterocycles. The summed E-state index contributed by atoms with van der Waals surface area (Å²) in [6.07, 6.45) is 5.82. The Balaban J connectivity index is 1.78. The van der Waals surface area contributed by atoms with Gasteiger partial charge in [0.1, 0.15) is 11.6 Å². The highest BCUT2D eigenvalue weighted by molar-refractivity contribution is 7.85. The van der Waals surface area contributed by atoms with Crippen LogP contribution < -0.4 is 15.0 Å². The van der Waals surface area contributed by atoms with Crippen LogP contribution in [0.15, 0.2) is 48.8 Å². The largest absolute Gasteiger partial charge is 0.487 e. The van der Waals surface area contributed by atoms with Crippen molar-refractivity contribution in [3.05, 3.63) is 54.4 Å². The molecule has 0 fully saturated rings. The Bertz CT molecular complexity index is 1110. The minimum atomic E-state index is -3.81. The zero-order valence-corrected chi connectivity index (χ0v) is 19.5. The van der Waals surface area contributed by atoms with Gasteiger partial charge in [0.2, 0.25) is 0 Å². The van der Waals surface area contributed by atoms with Crippen LogP contribution in [0, 0.1) is 4.78 Å². The highest BCUT2D eigenvalue weighted by atomic mass is 35.5. The Kier molecular flexibility index (Phi) is 7.98. The predicted octanol–water partition coefficient (Wildman–Crippen LogP) is 4.73. The summed E-state index contributed by atoms with van der Waals surface area (Å²) in [7, 11) is 1.53. The fraction of sp³-hybridized carbons (Fsp3) is 0.286. The number of carbonyl (C=O) groups is 1. The maximum absolute atomic E-state index is 12.8. The average Bonchev–Trinajstić information content (AvgIpc) is 3.28. The van der Waals surface area contributed by atoms with E-state index < -0.39 is 11.5 Å². The molecule has 0 saturated carbocycles. The van der Waals surface area contributed by atoms with E-state index in [1.54, 1.807) is 18.3 Å². The second kappa shape index (κ2) is 10.7. The zero-order chi connectivity index (χ0) is 24.0. The first-order valence-electron chi connectivity index (χ1n) is 9.84. The van der Waals surface area contributed by atoms with Crippen molar-refractivity contribution in [3.8, 4) is 17.0 Å². The molecular formula is C21H23ClF2N6O2S. The van der Waals surface area contributed by atoms with Gasteiger partial charge in [-0.05, 0) is 49.1 Å². The summed E-state index contributed by atoms with van der Waals surface area (Å²) < 4.78 is 37.4. The standard InChI is InChI=1S/C21H23ClF2N6O2S/c1-30(10-3-11-33(2)25)19-17(18-8-9-27-29-18)12-14(13-26-19)20(31)28-15-4-6-16(7-5-15)32-21(22,23)24/h4-9,12-13,25H,3,10-11H2,1-2H3,(H,27,29)(H,28,31). The maximum Gasteiger partial charge on any atom is 0.487 e. The Morgan fingerprint density at radius 3 is 2.67 bits per heavy atom. The molecule has 3 N–H and O–H groups in total. The Morgan fingerprint density at radius 2 is 2.06 bits per heavy atom. The number of amides is 1. The van der Waals surface area contributed by atoms with Gasteiger partial charge >= 0.3 is 5.57 Å². The van der Waals surface area contributed by atoms with Crippen molar-refractivity contribution in [2.45, 2.75) is 12.0 Å². The third-order valence-corrected chi connectivity index (χ3v) is 5.55. The van der Waals surface area contributed by atoms with Crippen molar-refractivity contribution in [2.75, 3.05) is 35.8 Å². The first kappa shape index (κ1) is 24.6.